The van der Waals surface area contributed by atoms with Gasteiger partial charge in [-0.1, -0.05) is 30.0 Å². The third-order valence-electron chi connectivity index (χ3n) is 4.11. The van der Waals surface area contributed by atoms with Gasteiger partial charge in [-0.25, -0.2) is 9.78 Å². The van der Waals surface area contributed by atoms with Gasteiger partial charge in [0, 0.05) is 6.54 Å². The monoisotopic (exact) mass is 443 g/mol. The quantitative estimate of drug-likeness (QED) is 0.246. The van der Waals surface area contributed by atoms with E-state index in [2.05, 4.69) is 16.9 Å². The van der Waals surface area contributed by atoms with Crippen LogP contribution in [-0.4, -0.2) is 33.8 Å². The van der Waals surface area contributed by atoms with Crippen LogP contribution in [0.4, 0.5) is 5.00 Å². The molecule has 0 saturated heterocycles. The van der Waals surface area contributed by atoms with Crippen LogP contribution in [0.1, 0.15) is 22.2 Å². The fourth-order valence-corrected chi connectivity index (χ4v) is 4.59. The third kappa shape index (κ3) is 4.80. The van der Waals surface area contributed by atoms with Crippen molar-refractivity contribution >= 4 is 50.9 Å². The predicted molar refractivity (Wildman–Crippen MR) is 121 cm³/mol. The lowest BCUT2D eigenvalue weighted by Gasteiger charge is -2.11. The van der Waals surface area contributed by atoms with Crippen molar-refractivity contribution in [1.82, 2.24) is 9.55 Å². The summed E-state index contributed by atoms with van der Waals surface area (Å²) in [5, 5.41) is 4.32. The number of esters is 1. The van der Waals surface area contributed by atoms with Crippen LogP contribution in [0.5, 0.6) is 0 Å². The number of anilines is 1. The van der Waals surface area contributed by atoms with Crippen molar-refractivity contribution in [3.8, 4) is 0 Å². The van der Waals surface area contributed by atoms with E-state index >= 15 is 0 Å². The van der Waals surface area contributed by atoms with E-state index in [1.54, 1.807) is 44.2 Å². The Balaban J connectivity index is 1.75. The number of fused-ring (bicyclic) bond motifs is 1. The summed E-state index contributed by atoms with van der Waals surface area (Å²) in [5.74, 6) is -0.596. The van der Waals surface area contributed by atoms with E-state index in [1.165, 1.54) is 27.7 Å². The molecule has 1 N–H and O–H groups in total. The summed E-state index contributed by atoms with van der Waals surface area (Å²) in [6.07, 6.45) is 1.62. The molecule has 0 spiro atoms. The maximum Gasteiger partial charge on any atom is 0.348 e. The molecule has 1 aromatic carbocycles. The lowest BCUT2D eigenvalue weighted by atomic mass is 10.2. The highest BCUT2D eigenvalue weighted by molar-refractivity contribution is 7.99. The predicted octanol–water partition coefficient (Wildman–Crippen LogP) is 3.86. The summed E-state index contributed by atoms with van der Waals surface area (Å²) in [5.41, 5.74) is 1.16. The van der Waals surface area contributed by atoms with Crippen LogP contribution < -0.4 is 10.9 Å². The van der Waals surface area contributed by atoms with Crippen LogP contribution in [0.3, 0.4) is 0 Å². The molecule has 156 valence electrons. The van der Waals surface area contributed by atoms with Crippen molar-refractivity contribution < 1.29 is 14.3 Å². The molecular weight excluding hydrogens is 422 g/mol. The number of nitrogens with zero attached hydrogens (tertiary/aromatic N) is 2. The summed E-state index contributed by atoms with van der Waals surface area (Å²) in [4.78, 5) is 42.1. The molecule has 1 amide bonds. The van der Waals surface area contributed by atoms with Crippen molar-refractivity contribution in [3.05, 3.63) is 63.8 Å². The first-order valence-corrected chi connectivity index (χ1v) is 11.1. The van der Waals surface area contributed by atoms with Crippen LogP contribution >= 0.6 is 23.1 Å². The fraction of sp³-hybridized carbons (Fsp3) is 0.238. The third-order valence-corrected chi connectivity index (χ3v) is 6.22. The van der Waals surface area contributed by atoms with Gasteiger partial charge in [-0.05, 0) is 37.6 Å². The lowest BCUT2D eigenvalue weighted by molar-refractivity contribution is -0.113. The molecule has 0 bridgehead atoms. The van der Waals surface area contributed by atoms with E-state index in [0.717, 1.165) is 5.56 Å². The van der Waals surface area contributed by atoms with Gasteiger partial charge in [0.15, 0.2) is 5.16 Å². The number of allylic oxidation sites excluding steroid dienone is 1. The maximum absolute atomic E-state index is 12.8. The van der Waals surface area contributed by atoms with E-state index in [-0.39, 0.29) is 17.2 Å². The molecule has 0 aliphatic rings. The van der Waals surface area contributed by atoms with Gasteiger partial charge in [-0.2, -0.15) is 0 Å². The number of nitrogens with one attached hydrogen (secondary N) is 1. The standard InChI is InChI=1S/C21H21N3O4S2/c1-4-10-24-19(26)14-8-6-7-9-15(14)22-21(24)29-12-16(25)23-17-11-13(3)18(30-17)20(27)28-5-2/h4,6-9,11H,1,5,10,12H2,2-3H3,(H,23,25). The largest absolute Gasteiger partial charge is 0.462 e. The molecule has 7 nitrogen and oxygen atoms in total. The normalized spacial score (nSPS) is 10.7. The number of amides is 1. The molecule has 2 heterocycles. The second kappa shape index (κ2) is 9.73. The zero-order valence-corrected chi connectivity index (χ0v) is 18.3. The number of ether oxygens (including phenoxy) is 1. The number of aryl methyl sites for hydroxylation is 1. The zero-order valence-electron chi connectivity index (χ0n) is 16.6. The van der Waals surface area contributed by atoms with E-state index in [4.69, 9.17) is 4.74 Å². The highest BCUT2D eigenvalue weighted by Gasteiger charge is 2.17. The minimum absolute atomic E-state index is 0.0631. The Kier molecular flexibility index (Phi) is 7.07. The van der Waals surface area contributed by atoms with Crippen molar-refractivity contribution in [1.29, 1.82) is 0 Å². The SMILES string of the molecule is C=CCn1c(SCC(=O)Nc2cc(C)c(C(=O)OCC)s2)nc2ccccc2c1=O. The minimum Gasteiger partial charge on any atom is -0.462 e. The molecule has 9 heteroatoms. The highest BCUT2D eigenvalue weighted by Crippen LogP contribution is 2.28. The summed E-state index contributed by atoms with van der Waals surface area (Å²) in [6, 6.07) is 8.84. The smallest absolute Gasteiger partial charge is 0.348 e. The molecule has 0 fully saturated rings. The molecule has 3 aromatic rings. The summed E-state index contributed by atoms with van der Waals surface area (Å²) in [6.45, 7) is 7.82. The van der Waals surface area contributed by atoms with Crippen molar-refractivity contribution in [2.24, 2.45) is 0 Å². The number of para-hydroxylation sites is 1. The number of carbonyl (C=O) groups is 2. The number of rotatable bonds is 8. The van der Waals surface area contributed by atoms with E-state index in [1.807, 2.05) is 6.07 Å². The van der Waals surface area contributed by atoms with Gasteiger partial charge in [0.1, 0.15) is 4.88 Å². The Morgan fingerprint density at radius 1 is 1.37 bits per heavy atom. The Hall–Kier alpha value is -2.91. The molecule has 0 radical (unpaired) electrons. The van der Waals surface area contributed by atoms with Crippen LogP contribution in [0, 0.1) is 6.92 Å². The first-order chi connectivity index (χ1) is 14.4. The lowest BCUT2D eigenvalue weighted by Crippen LogP contribution is -2.23. The molecule has 0 aliphatic carbocycles. The van der Waals surface area contributed by atoms with Crippen LogP contribution in [-0.2, 0) is 16.1 Å². The van der Waals surface area contributed by atoms with Gasteiger partial charge in [-0.3, -0.25) is 14.2 Å². The average Bonchev–Trinajstić information content (AvgIpc) is 3.09. The number of aromatic nitrogens is 2. The van der Waals surface area contributed by atoms with Crippen molar-refractivity contribution in [2.75, 3.05) is 17.7 Å². The Morgan fingerprint density at radius 2 is 2.13 bits per heavy atom. The second-order valence-electron chi connectivity index (χ2n) is 6.30. The van der Waals surface area contributed by atoms with Crippen molar-refractivity contribution in [2.45, 2.75) is 25.5 Å². The molecule has 0 atom stereocenters. The molecule has 0 aliphatic heterocycles. The topological polar surface area (TPSA) is 90.3 Å². The Morgan fingerprint density at radius 3 is 2.87 bits per heavy atom. The van der Waals surface area contributed by atoms with Crippen LogP contribution in [0.2, 0.25) is 0 Å². The summed E-state index contributed by atoms with van der Waals surface area (Å²) >= 11 is 2.35. The number of benzene rings is 1. The Labute approximate surface area is 181 Å². The summed E-state index contributed by atoms with van der Waals surface area (Å²) < 4.78 is 6.52. The molecule has 3 rings (SSSR count). The molecular formula is C21H21N3O4S2. The molecule has 30 heavy (non-hydrogen) atoms. The minimum atomic E-state index is -0.399. The maximum atomic E-state index is 12.8. The number of hydrogen-bond donors (Lipinski definition) is 1. The van der Waals surface area contributed by atoms with E-state index in [0.29, 0.717) is 39.1 Å². The molecule has 0 unspecified atom stereocenters. The first-order valence-electron chi connectivity index (χ1n) is 9.25. The van der Waals surface area contributed by atoms with E-state index in [9.17, 15) is 14.4 Å². The summed E-state index contributed by atoms with van der Waals surface area (Å²) in [7, 11) is 0. The molecule has 0 saturated carbocycles. The van der Waals surface area contributed by atoms with Crippen LogP contribution in [0.25, 0.3) is 10.9 Å². The highest BCUT2D eigenvalue weighted by atomic mass is 32.2. The fourth-order valence-electron chi connectivity index (χ4n) is 2.79. The van der Waals surface area contributed by atoms with E-state index < -0.39 is 5.97 Å². The van der Waals surface area contributed by atoms with Gasteiger partial charge in [-0.15, -0.1) is 17.9 Å². The van der Waals surface area contributed by atoms with Gasteiger partial charge in [0.2, 0.25) is 5.91 Å². The van der Waals surface area contributed by atoms with Gasteiger partial charge in [0.25, 0.3) is 5.56 Å². The average molecular weight is 444 g/mol. The van der Waals surface area contributed by atoms with Crippen molar-refractivity contribution in [3.63, 3.8) is 0 Å². The van der Waals surface area contributed by atoms with Gasteiger partial charge in [0.05, 0.1) is 28.3 Å². The zero-order chi connectivity index (χ0) is 21.7. The van der Waals surface area contributed by atoms with Gasteiger partial charge >= 0.3 is 5.97 Å². The first kappa shape index (κ1) is 21.8. The number of thiophene rings is 1. The number of hydrogen-bond acceptors (Lipinski definition) is 7. The number of thioether (sulfide) groups is 1. The Bertz CT molecular complexity index is 1170. The molecule has 2 aromatic heterocycles. The van der Waals surface area contributed by atoms with Gasteiger partial charge < -0.3 is 10.1 Å². The second-order valence-corrected chi connectivity index (χ2v) is 8.29. The van der Waals surface area contributed by atoms with Crippen LogP contribution in [0.15, 0.2) is 52.9 Å². The number of carbonyl (C=O) groups excluding carboxylic acids is 2.